The molecule has 1 aromatic carbocycles. The van der Waals surface area contributed by atoms with E-state index in [1.54, 1.807) is 18.0 Å². The number of alkyl halides is 3. The van der Waals surface area contributed by atoms with Gasteiger partial charge in [-0.25, -0.2) is 0 Å². The summed E-state index contributed by atoms with van der Waals surface area (Å²) < 4.78 is 37.6. The highest BCUT2D eigenvalue weighted by Gasteiger charge is 2.29. The highest BCUT2D eigenvalue weighted by atomic mass is 19.4. The van der Waals surface area contributed by atoms with Crippen LogP contribution in [0.15, 0.2) is 36.4 Å². The van der Waals surface area contributed by atoms with E-state index >= 15 is 0 Å². The predicted octanol–water partition coefficient (Wildman–Crippen LogP) is 4.11. The molecule has 0 spiro atoms. The van der Waals surface area contributed by atoms with Gasteiger partial charge in [-0.15, -0.1) is 10.2 Å². The summed E-state index contributed by atoms with van der Waals surface area (Å²) in [6.07, 6.45) is -2.48. The van der Waals surface area contributed by atoms with Crippen molar-refractivity contribution >= 4 is 17.4 Å². The largest absolute Gasteiger partial charge is 0.416 e. The van der Waals surface area contributed by atoms with Gasteiger partial charge in [0.05, 0.1) is 5.56 Å². The number of halogens is 3. The fourth-order valence-corrected chi connectivity index (χ4v) is 2.10. The van der Waals surface area contributed by atoms with Gasteiger partial charge in [0.15, 0.2) is 11.5 Å². The monoisotopic (exact) mass is 352 g/mol. The number of carbonyl (C=O) groups excluding carboxylic acids is 1. The van der Waals surface area contributed by atoms with E-state index in [1.807, 2.05) is 6.92 Å². The molecule has 0 saturated heterocycles. The first kappa shape index (κ1) is 18.7. The van der Waals surface area contributed by atoms with Gasteiger partial charge in [0.2, 0.25) is 0 Å². The van der Waals surface area contributed by atoms with Gasteiger partial charge >= 0.3 is 6.18 Å². The zero-order valence-electron chi connectivity index (χ0n) is 14.0. The van der Waals surface area contributed by atoms with Crippen LogP contribution in [0.5, 0.6) is 0 Å². The normalized spacial score (nSPS) is 11.2. The number of amides is 1. The van der Waals surface area contributed by atoms with Crippen LogP contribution in [-0.4, -0.2) is 34.6 Å². The van der Waals surface area contributed by atoms with Gasteiger partial charge in [0, 0.05) is 19.3 Å². The van der Waals surface area contributed by atoms with Crippen molar-refractivity contribution in [1.82, 2.24) is 15.1 Å². The topological polar surface area (TPSA) is 58.1 Å². The van der Waals surface area contributed by atoms with Crippen LogP contribution in [0.1, 0.15) is 35.8 Å². The molecular weight excluding hydrogens is 333 g/mol. The molecule has 2 aromatic rings. The third kappa shape index (κ3) is 5.17. The maximum atomic E-state index is 12.5. The van der Waals surface area contributed by atoms with Gasteiger partial charge in [-0.2, -0.15) is 13.2 Å². The molecule has 1 N–H and O–H groups in total. The number of anilines is 2. The third-order valence-corrected chi connectivity index (χ3v) is 3.56. The first-order valence-electron chi connectivity index (χ1n) is 7.84. The van der Waals surface area contributed by atoms with E-state index in [1.165, 1.54) is 18.2 Å². The molecule has 5 nitrogen and oxygen atoms in total. The van der Waals surface area contributed by atoms with Crippen molar-refractivity contribution in [1.29, 1.82) is 0 Å². The van der Waals surface area contributed by atoms with Crippen LogP contribution in [0.3, 0.4) is 0 Å². The highest BCUT2D eigenvalue weighted by molar-refractivity contribution is 5.92. The summed E-state index contributed by atoms with van der Waals surface area (Å²) in [6, 6.07) is 7.67. The van der Waals surface area contributed by atoms with E-state index in [4.69, 9.17) is 0 Å². The smallest absolute Gasteiger partial charge is 0.340 e. The Morgan fingerprint density at radius 2 is 1.80 bits per heavy atom. The number of benzene rings is 1. The quantitative estimate of drug-likeness (QED) is 0.850. The molecule has 25 heavy (non-hydrogen) atoms. The van der Waals surface area contributed by atoms with Crippen molar-refractivity contribution in [2.24, 2.45) is 0 Å². The molecule has 0 aliphatic heterocycles. The van der Waals surface area contributed by atoms with Gasteiger partial charge in [-0.05, 0) is 42.8 Å². The second kappa shape index (κ2) is 7.96. The summed E-state index contributed by atoms with van der Waals surface area (Å²) in [5.41, 5.74) is -0.0572. The number of carbonyl (C=O) groups is 1. The Hall–Kier alpha value is -2.64. The van der Waals surface area contributed by atoms with Crippen LogP contribution < -0.4 is 5.32 Å². The predicted molar refractivity (Wildman–Crippen MR) is 88.6 cm³/mol. The van der Waals surface area contributed by atoms with Gasteiger partial charge in [0.25, 0.3) is 5.91 Å². The zero-order chi connectivity index (χ0) is 18.4. The molecule has 0 fully saturated rings. The van der Waals surface area contributed by atoms with Crippen LogP contribution in [0.2, 0.25) is 0 Å². The fourth-order valence-electron chi connectivity index (χ4n) is 2.10. The van der Waals surface area contributed by atoms with Gasteiger partial charge in [0.1, 0.15) is 0 Å². The average Bonchev–Trinajstić information content (AvgIpc) is 2.59. The maximum absolute atomic E-state index is 12.5. The molecule has 2 rings (SSSR count). The first-order valence-corrected chi connectivity index (χ1v) is 7.84. The van der Waals surface area contributed by atoms with Crippen molar-refractivity contribution in [3.63, 3.8) is 0 Å². The highest BCUT2D eigenvalue weighted by Crippen LogP contribution is 2.30. The van der Waals surface area contributed by atoms with Gasteiger partial charge in [-0.1, -0.05) is 13.3 Å². The van der Waals surface area contributed by atoms with Crippen LogP contribution in [0, 0.1) is 0 Å². The van der Waals surface area contributed by atoms with Crippen molar-refractivity contribution < 1.29 is 18.0 Å². The molecule has 0 unspecified atom stereocenters. The molecule has 0 aliphatic carbocycles. The lowest BCUT2D eigenvalue weighted by molar-refractivity contribution is -0.137. The van der Waals surface area contributed by atoms with Crippen molar-refractivity contribution in [3.8, 4) is 0 Å². The minimum absolute atomic E-state index is 0.219. The van der Waals surface area contributed by atoms with Crippen LogP contribution in [-0.2, 0) is 6.18 Å². The molecule has 0 bridgehead atoms. The van der Waals surface area contributed by atoms with E-state index in [0.717, 1.165) is 25.0 Å². The molecule has 0 atom stereocenters. The van der Waals surface area contributed by atoms with Crippen LogP contribution in [0.4, 0.5) is 24.7 Å². The average molecular weight is 352 g/mol. The number of nitrogens with one attached hydrogen (secondary N) is 1. The summed E-state index contributed by atoms with van der Waals surface area (Å²) in [7, 11) is 1.70. The number of aromatic nitrogens is 2. The minimum Gasteiger partial charge on any atom is -0.340 e. The molecule has 0 radical (unpaired) electrons. The summed E-state index contributed by atoms with van der Waals surface area (Å²) >= 11 is 0. The Labute approximate surface area is 143 Å². The van der Waals surface area contributed by atoms with E-state index < -0.39 is 11.7 Å². The number of hydrogen-bond acceptors (Lipinski definition) is 4. The fraction of sp³-hybridized carbons (Fsp3) is 0.353. The molecular formula is C17H19F3N4O. The van der Waals surface area contributed by atoms with E-state index in [9.17, 15) is 18.0 Å². The molecule has 134 valence electrons. The number of hydrogen-bond donors (Lipinski definition) is 1. The van der Waals surface area contributed by atoms with E-state index in [0.29, 0.717) is 18.1 Å². The van der Waals surface area contributed by atoms with Crippen LogP contribution >= 0.6 is 0 Å². The third-order valence-electron chi connectivity index (χ3n) is 3.56. The number of unbranched alkanes of at least 4 members (excludes halogenated alkanes) is 1. The maximum Gasteiger partial charge on any atom is 0.416 e. The number of nitrogens with zero attached hydrogens (tertiary/aromatic N) is 3. The van der Waals surface area contributed by atoms with Crippen molar-refractivity contribution in [3.05, 3.63) is 47.7 Å². The lowest BCUT2D eigenvalue weighted by Crippen LogP contribution is -2.28. The van der Waals surface area contributed by atoms with Crippen LogP contribution in [0.25, 0.3) is 0 Å². The molecule has 0 aliphatic rings. The van der Waals surface area contributed by atoms with Crippen molar-refractivity contribution in [2.45, 2.75) is 25.9 Å². The van der Waals surface area contributed by atoms with Crippen molar-refractivity contribution in [2.75, 3.05) is 18.9 Å². The van der Waals surface area contributed by atoms with E-state index in [-0.39, 0.29) is 11.6 Å². The summed E-state index contributed by atoms with van der Waals surface area (Å²) in [5, 5.41) is 10.6. The summed E-state index contributed by atoms with van der Waals surface area (Å²) in [4.78, 5) is 13.7. The minimum atomic E-state index is -4.37. The molecule has 1 amide bonds. The second-order valence-corrected chi connectivity index (χ2v) is 5.58. The lowest BCUT2D eigenvalue weighted by atomic mass is 10.2. The van der Waals surface area contributed by atoms with Gasteiger partial charge < -0.3 is 10.2 Å². The Kier molecular flexibility index (Phi) is 5.95. The molecule has 1 heterocycles. The Morgan fingerprint density at radius 1 is 1.12 bits per heavy atom. The molecule has 1 aromatic heterocycles. The first-order chi connectivity index (χ1) is 11.8. The summed E-state index contributed by atoms with van der Waals surface area (Å²) in [6.45, 7) is 2.68. The zero-order valence-corrected chi connectivity index (χ0v) is 14.0. The van der Waals surface area contributed by atoms with Gasteiger partial charge in [-0.3, -0.25) is 4.79 Å². The molecule has 0 saturated carbocycles. The SMILES string of the molecule is CCCCN(C)C(=O)c1ccc(Nc2ccc(C(F)(F)F)cc2)nn1. The Bertz CT molecular complexity index is 699. The second-order valence-electron chi connectivity index (χ2n) is 5.58. The summed E-state index contributed by atoms with van der Waals surface area (Å²) in [5.74, 6) is 0.120. The number of rotatable bonds is 6. The standard InChI is InChI=1S/C17H19F3N4O/c1-3-4-11-24(2)16(25)14-9-10-15(23-22-14)21-13-7-5-12(6-8-13)17(18,19)20/h5-10H,3-4,11H2,1-2H3,(H,21,23). The van der Waals surface area contributed by atoms with E-state index in [2.05, 4.69) is 15.5 Å². The molecule has 8 heteroatoms. The Morgan fingerprint density at radius 3 is 2.32 bits per heavy atom. The lowest BCUT2D eigenvalue weighted by Gasteiger charge is -2.15. The Balaban J connectivity index is 2.01.